The molecular weight excluding hydrogens is 302 g/mol. The molecule has 2 aromatic rings. The van der Waals surface area contributed by atoms with Crippen LogP contribution >= 0.6 is 11.6 Å². The maximum Gasteiger partial charge on any atom is 0.223 e. The zero-order valence-corrected chi connectivity index (χ0v) is 13.6. The molecule has 1 fully saturated rings. The normalized spacial score (nSPS) is 18.1. The molecular formula is C16H20ClN3O2. The fourth-order valence-electron chi connectivity index (χ4n) is 3.22. The number of hydrogen-bond acceptors (Lipinski definition) is 3. The molecule has 0 aliphatic carbocycles. The van der Waals surface area contributed by atoms with E-state index in [0.29, 0.717) is 18.0 Å². The van der Waals surface area contributed by atoms with Crippen LogP contribution in [0.25, 0.3) is 0 Å². The number of carbonyl (C=O) groups excluding carboxylic acids is 1. The average Bonchev–Trinajstić information content (AvgIpc) is 3.19. The first kappa shape index (κ1) is 15.2. The quantitative estimate of drug-likeness (QED) is 0.868. The molecule has 2 aromatic heterocycles. The fourth-order valence-corrected chi connectivity index (χ4v) is 3.52. The van der Waals surface area contributed by atoms with Crippen molar-refractivity contribution in [1.29, 1.82) is 0 Å². The second-order valence-corrected chi connectivity index (χ2v) is 6.10. The van der Waals surface area contributed by atoms with E-state index in [1.165, 1.54) is 0 Å². The smallest absolute Gasteiger partial charge is 0.223 e. The standard InChI is InChI=1S/C16H20ClN3O2/c1-11-15(16(17)19(2)18-11)13-6-3-9-20(13)14(21)8-7-12-5-4-10-22-12/h4-5,10,13H,3,6-9H2,1-2H3. The SMILES string of the molecule is Cc1nn(C)c(Cl)c1C1CCCN1C(=O)CCc1ccco1. The van der Waals surface area contributed by atoms with Crippen LogP contribution in [0.4, 0.5) is 0 Å². The Hall–Kier alpha value is -1.75. The first-order valence-corrected chi connectivity index (χ1v) is 7.96. The lowest BCUT2D eigenvalue weighted by Gasteiger charge is -2.25. The predicted octanol–water partition coefficient (Wildman–Crippen LogP) is 3.27. The summed E-state index contributed by atoms with van der Waals surface area (Å²) < 4.78 is 6.97. The van der Waals surface area contributed by atoms with E-state index in [9.17, 15) is 4.79 Å². The van der Waals surface area contributed by atoms with Gasteiger partial charge in [-0.15, -0.1) is 0 Å². The topological polar surface area (TPSA) is 51.3 Å². The lowest BCUT2D eigenvalue weighted by molar-refractivity contribution is -0.132. The number of nitrogens with zero attached hydrogens (tertiary/aromatic N) is 3. The molecule has 1 unspecified atom stereocenters. The van der Waals surface area contributed by atoms with E-state index in [4.69, 9.17) is 16.0 Å². The van der Waals surface area contributed by atoms with Crippen molar-refractivity contribution in [2.75, 3.05) is 6.54 Å². The first-order valence-electron chi connectivity index (χ1n) is 7.58. The van der Waals surface area contributed by atoms with E-state index in [0.717, 1.165) is 36.4 Å². The van der Waals surface area contributed by atoms with Crippen molar-refractivity contribution < 1.29 is 9.21 Å². The lowest BCUT2D eigenvalue weighted by atomic mass is 10.1. The highest BCUT2D eigenvalue weighted by atomic mass is 35.5. The van der Waals surface area contributed by atoms with Gasteiger partial charge in [-0.05, 0) is 31.9 Å². The monoisotopic (exact) mass is 321 g/mol. The van der Waals surface area contributed by atoms with Gasteiger partial charge in [-0.1, -0.05) is 11.6 Å². The minimum atomic E-state index is 0.0466. The van der Waals surface area contributed by atoms with E-state index in [1.807, 2.05) is 31.0 Å². The Labute approximate surface area is 134 Å². The minimum Gasteiger partial charge on any atom is -0.469 e. The Bertz CT molecular complexity index is 663. The van der Waals surface area contributed by atoms with Crippen LogP contribution in [0, 0.1) is 6.92 Å². The summed E-state index contributed by atoms with van der Waals surface area (Å²) in [4.78, 5) is 14.5. The van der Waals surface area contributed by atoms with E-state index in [-0.39, 0.29) is 11.9 Å². The van der Waals surface area contributed by atoms with Gasteiger partial charge in [0.1, 0.15) is 10.9 Å². The van der Waals surface area contributed by atoms with Crippen molar-refractivity contribution in [1.82, 2.24) is 14.7 Å². The van der Waals surface area contributed by atoms with Crippen LogP contribution in [0.3, 0.4) is 0 Å². The zero-order valence-electron chi connectivity index (χ0n) is 12.9. The number of aryl methyl sites for hydroxylation is 3. The maximum atomic E-state index is 12.6. The summed E-state index contributed by atoms with van der Waals surface area (Å²) >= 11 is 6.37. The van der Waals surface area contributed by atoms with Gasteiger partial charge in [0.25, 0.3) is 0 Å². The van der Waals surface area contributed by atoms with E-state index in [2.05, 4.69) is 5.10 Å². The molecule has 5 nitrogen and oxygen atoms in total. The third-order valence-electron chi connectivity index (χ3n) is 4.27. The molecule has 1 saturated heterocycles. The van der Waals surface area contributed by atoms with Crippen molar-refractivity contribution in [3.05, 3.63) is 40.6 Å². The molecule has 6 heteroatoms. The molecule has 1 amide bonds. The van der Waals surface area contributed by atoms with Gasteiger partial charge >= 0.3 is 0 Å². The Morgan fingerprint density at radius 3 is 3.00 bits per heavy atom. The van der Waals surface area contributed by atoms with Gasteiger partial charge in [0.05, 0.1) is 18.0 Å². The summed E-state index contributed by atoms with van der Waals surface area (Å²) in [5.74, 6) is 0.998. The Morgan fingerprint density at radius 2 is 2.36 bits per heavy atom. The third-order valence-corrected chi connectivity index (χ3v) is 4.72. The van der Waals surface area contributed by atoms with Crippen LogP contribution in [-0.4, -0.2) is 27.1 Å². The molecule has 0 spiro atoms. The third kappa shape index (κ3) is 2.77. The van der Waals surface area contributed by atoms with E-state index >= 15 is 0 Å². The number of carbonyl (C=O) groups is 1. The van der Waals surface area contributed by atoms with Crippen molar-refractivity contribution in [3.8, 4) is 0 Å². The molecule has 1 aliphatic rings. The summed E-state index contributed by atoms with van der Waals surface area (Å²) in [7, 11) is 1.83. The first-order chi connectivity index (χ1) is 10.6. The number of halogens is 1. The molecule has 3 rings (SSSR count). The summed E-state index contributed by atoms with van der Waals surface area (Å²) in [6.45, 7) is 2.73. The molecule has 22 heavy (non-hydrogen) atoms. The molecule has 0 N–H and O–H groups in total. The molecule has 3 heterocycles. The lowest BCUT2D eigenvalue weighted by Crippen LogP contribution is -2.31. The summed E-state index contributed by atoms with van der Waals surface area (Å²) in [5, 5.41) is 5.00. The Morgan fingerprint density at radius 1 is 1.55 bits per heavy atom. The van der Waals surface area contributed by atoms with Crippen LogP contribution in [0.1, 0.15) is 42.3 Å². The molecule has 118 valence electrons. The largest absolute Gasteiger partial charge is 0.469 e. The second kappa shape index (κ2) is 6.16. The van der Waals surface area contributed by atoms with Crippen molar-refractivity contribution in [3.63, 3.8) is 0 Å². The van der Waals surface area contributed by atoms with Crippen LogP contribution in [0.5, 0.6) is 0 Å². The van der Waals surface area contributed by atoms with Gasteiger partial charge < -0.3 is 9.32 Å². The number of amides is 1. The van der Waals surface area contributed by atoms with Crippen molar-refractivity contribution in [2.24, 2.45) is 7.05 Å². The number of hydrogen-bond donors (Lipinski definition) is 0. The number of rotatable bonds is 4. The average molecular weight is 322 g/mol. The maximum absolute atomic E-state index is 12.6. The second-order valence-electron chi connectivity index (χ2n) is 5.74. The number of likely N-dealkylation sites (tertiary alicyclic amines) is 1. The van der Waals surface area contributed by atoms with Gasteiger partial charge in [0.2, 0.25) is 5.91 Å². The predicted molar refractivity (Wildman–Crippen MR) is 83.7 cm³/mol. The number of furan rings is 1. The zero-order chi connectivity index (χ0) is 15.7. The summed E-state index contributed by atoms with van der Waals surface area (Å²) in [6.07, 6.45) is 4.67. The minimum absolute atomic E-state index is 0.0466. The molecule has 1 atom stereocenters. The molecule has 0 bridgehead atoms. The highest BCUT2D eigenvalue weighted by Gasteiger charge is 2.33. The van der Waals surface area contributed by atoms with Gasteiger partial charge in [-0.2, -0.15) is 5.10 Å². The molecule has 0 aromatic carbocycles. The fraction of sp³-hybridized carbons (Fsp3) is 0.500. The van der Waals surface area contributed by atoms with Crippen molar-refractivity contribution in [2.45, 2.75) is 38.6 Å². The number of aromatic nitrogens is 2. The van der Waals surface area contributed by atoms with Gasteiger partial charge in [0, 0.05) is 32.0 Å². The van der Waals surface area contributed by atoms with E-state index < -0.39 is 0 Å². The summed E-state index contributed by atoms with van der Waals surface area (Å²) in [5.41, 5.74) is 1.90. The van der Waals surface area contributed by atoms with Gasteiger partial charge in [0.15, 0.2) is 0 Å². The Balaban J connectivity index is 1.73. The van der Waals surface area contributed by atoms with Crippen molar-refractivity contribution >= 4 is 17.5 Å². The molecule has 0 radical (unpaired) electrons. The molecule has 1 aliphatic heterocycles. The van der Waals surface area contributed by atoms with Crippen LogP contribution in [0.2, 0.25) is 5.15 Å². The van der Waals surface area contributed by atoms with Gasteiger partial charge in [-0.3, -0.25) is 9.48 Å². The highest BCUT2D eigenvalue weighted by Crippen LogP contribution is 2.37. The van der Waals surface area contributed by atoms with Crippen LogP contribution in [-0.2, 0) is 18.3 Å². The molecule has 0 saturated carbocycles. The van der Waals surface area contributed by atoms with Crippen LogP contribution in [0.15, 0.2) is 22.8 Å². The Kier molecular flexibility index (Phi) is 4.25. The highest BCUT2D eigenvalue weighted by molar-refractivity contribution is 6.30. The van der Waals surface area contributed by atoms with Gasteiger partial charge in [-0.25, -0.2) is 0 Å². The van der Waals surface area contributed by atoms with Crippen LogP contribution < -0.4 is 0 Å². The van der Waals surface area contributed by atoms with E-state index in [1.54, 1.807) is 10.9 Å². The summed E-state index contributed by atoms with van der Waals surface area (Å²) in [6, 6.07) is 3.79.